The standard InChI is InChI=1S/C12H20N4O/c1-8-7-11(17-2)16-12(14-8)15-10-6-4-3-5-9(10)13/h7,9-10H,3-6,13H2,1-2H3,(H,14,15,16). The van der Waals surface area contributed by atoms with Crippen LogP contribution in [0.15, 0.2) is 6.07 Å². The van der Waals surface area contributed by atoms with Crippen LogP contribution in [0.5, 0.6) is 5.88 Å². The van der Waals surface area contributed by atoms with Crippen LogP contribution in [-0.4, -0.2) is 29.2 Å². The van der Waals surface area contributed by atoms with Crippen molar-refractivity contribution < 1.29 is 4.74 Å². The average Bonchev–Trinajstić information content (AvgIpc) is 2.31. The van der Waals surface area contributed by atoms with Gasteiger partial charge in [0.2, 0.25) is 11.8 Å². The van der Waals surface area contributed by atoms with Crippen LogP contribution in [-0.2, 0) is 0 Å². The van der Waals surface area contributed by atoms with E-state index in [2.05, 4.69) is 15.3 Å². The summed E-state index contributed by atoms with van der Waals surface area (Å²) in [5, 5.41) is 3.32. The molecule has 17 heavy (non-hydrogen) atoms. The molecule has 0 saturated heterocycles. The van der Waals surface area contributed by atoms with Crippen molar-refractivity contribution in [3.8, 4) is 5.88 Å². The molecule has 0 bridgehead atoms. The zero-order chi connectivity index (χ0) is 12.3. The van der Waals surface area contributed by atoms with Gasteiger partial charge in [0.1, 0.15) is 0 Å². The largest absolute Gasteiger partial charge is 0.481 e. The summed E-state index contributed by atoms with van der Waals surface area (Å²) < 4.78 is 5.13. The van der Waals surface area contributed by atoms with Gasteiger partial charge in [-0.3, -0.25) is 0 Å². The number of ether oxygens (including phenoxy) is 1. The number of nitrogens with zero attached hydrogens (tertiary/aromatic N) is 2. The lowest BCUT2D eigenvalue weighted by Crippen LogP contribution is -2.43. The maximum Gasteiger partial charge on any atom is 0.226 e. The molecule has 1 aromatic heterocycles. The molecule has 0 aromatic carbocycles. The van der Waals surface area contributed by atoms with E-state index >= 15 is 0 Å². The summed E-state index contributed by atoms with van der Waals surface area (Å²) in [6.07, 6.45) is 4.59. The van der Waals surface area contributed by atoms with Crippen LogP contribution in [0.25, 0.3) is 0 Å². The Labute approximate surface area is 102 Å². The molecule has 1 aliphatic carbocycles. The second kappa shape index (κ2) is 5.31. The quantitative estimate of drug-likeness (QED) is 0.831. The Bertz CT molecular complexity index is 383. The van der Waals surface area contributed by atoms with Gasteiger partial charge in [-0.15, -0.1) is 0 Å². The number of hydrogen-bond donors (Lipinski definition) is 2. The molecule has 1 saturated carbocycles. The fraction of sp³-hybridized carbons (Fsp3) is 0.667. The third-order valence-corrected chi connectivity index (χ3v) is 3.17. The summed E-state index contributed by atoms with van der Waals surface area (Å²) in [5.41, 5.74) is 6.98. The molecule has 1 aliphatic rings. The number of anilines is 1. The van der Waals surface area contributed by atoms with Gasteiger partial charge in [-0.05, 0) is 19.8 Å². The van der Waals surface area contributed by atoms with Crippen molar-refractivity contribution in [3.05, 3.63) is 11.8 Å². The smallest absolute Gasteiger partial charge is 0.226 e. The number of nitrogens with two attached hydrogens (primary N) is 1. The molecular formula is C12H20N4O. The molecule has 94 valence electrons. The Morgan fingerprint density at radius 3 is 2.82 bits per heavy atom. The minimum Gasteiger partial charge on any atom is -0.481 e. The molecular weight excluding hydrogens is 216 g/mol. The Balaban J connectivity index is 2.09. The molecule has 2 atom stereocenters. The van der Waals surface area contributed by atoms with E-state index in [1.54, 1.807) is 7.11 Å². The van der Waals surface area contributed by atoms with Crippen LogP contribution in [0.2, 0.25) is 0 Å². The molecule has 1 aromatic rings. The monoisotopic (exact) mass is 236 g/mol. The summed E-state index contributed by atoms with van der Waals surface area (Å²) >= 11 is 0. The Kier molecular flexibility index (Phi) is 3.78. The number of rotatable bonds is 3. The molecule has 0 amide bonds. The van der Waals surface area contributed by atoms with Gasteiger partial charge < -0.3 is 15.8 Å². The number of methoxy groups -OCH3 is 1. The van der Waals surface area contributed by atoms with Gasteiger partial charge in [0.25, 0.3) is 0 Å². The van der Waals surface area contributed by atoms with E-state index in [4.69, 9.17) is 10.5 Å². The highest BCUT2D eigenvalue weighted by Crippen LogP contribution is 2.20. The number of aromatic nitrogens is 2. The van der Waals surface area contributed by atoms with Crippen LogP contribution in [0.3, 0.4) is 0 Å². The normalized spacial score (nSPS) is 24.4. The lowest BCUT2D eigenvalue weighted by molar-refractivity contribution is 0.391. The van der Waals surface area contributed by atoms with Crippen molar-refractivity contribution in [2.24, 2.45) is 5.73 Å². The fourth-order valence-electron chi connectivity index (χ4n) is 2.21. The van der Waals surface area contributed by atoms with Crippen LogP contribution in [0.1, 0.15) is 31.4 Å². The van der Waals surface area contributed by atoms with Crippen molar-refractivity contribution in [1.82, 2.24) is 9.97 Å². The van der Waals surface area contributed by atoms with Gasteiger partial charge >= 0.3 is 0 Å². The van der Waals surface area contributed by atoms with E-state index in [0.717, 1.165) is 18.5 Å². The van der Waals surface area contributed by atoms with Gasteiger partial charge in [0.05, 0.1) is 7.11 Å². The van der Waals surface area contributed by atoms with E-state index in [9.17, 15) is 0 Å². The van der Waals surface area contributed by atoms with Crippen molar-refractivity contribution in [1.29, 1.82) is 0 Å². The summed E-state index contributed by atoms with van der Waals surface area (Å²) in [6.45, 7) is 1.93. The van der Waals surface area contributed by atoms with E-state index in [0.29, 0.717) is 11.8 Å². The lowest BCUT2D eigenvalue weighted by Gasteiger charge is -2.29. The first-order valence-corrected chi connectivity index (χ1v) is 6.11. The minimum absolute atomic E-state index is 0.193. The highest BCUT2D eigenvalue weighted by molar-refractivity contribution is 5.32. The zero-order valence-electron chi connectivity index (χ0n) is 10.4. The van der Waals surface area contributed by atoms with E-state index in [1.807, 2.05) is 13.0 Å². The minimum atomic E-state index is 0.193. The molecule has 0 radical (unpaired) electrons. The first kappa shape index (κ1) is 12.1. The average molecular weight is 236 g/mol. The summed E-state index contributed by atoms with van der Waals surface area (Å²) in [6, 6.07) is 2.28. The van der Waals surface area contributed by atoms with Gasteiger partial charge in [-0.1, -0.05) is 12.8 Å². The van der Waals surface area contributed by atoms with Gasteiger partial charge in [0, 0.05) is 23.8 Å². The predicted octanol–water partition coefficient (Wildman–Crippen LogP) is 1.48. The third kappa shape index (κ3) is 3.06. The van der Waals surface area contributed by atoms with Gasteiger partial charge in [-0.25, -0.2) is 4.98 Å². The van der Waals surface area contributed by atoms with Crippen molar-refractivity contribution in [3.63, 3.8) is 0 Å². The zero-order valence-corrected chi connectivity index (χ0v) is 10.4. The van der Waals surface area contributed by atoms with Gasteiger partial charge in [-0.2, -0.15) is 4.98 Å². The van der Waals surface area contributed by atoms with Crippen LogP contribution >= 0.6 is 0 Å². The second-order valence-corrected chi connectivity index (χ2v) is 4.57. The summed E-state index contributed by atoms with van der Waals surface area (Å²) in [5.74, 6) is 1.20. The van der Waals surface area contributed by atoms with E-state index in [1.165, 1.54) is 12.8 Å². The van der Waals surface area contributed by atoms with Crippen molar-refractivity contribution in [2.45, 2.75) is 44.7 Å². The SMILES string of the molecule is COc1cc(C)nc(NC2CCCCC2N)n1. The summed E-state index contributed by atoms with van der Waals surface area (Å²) in [7, 11) is 1.61. The Morgan fingerprint density at radius 1 is 1.35 bits per heavy atom. The molecule has 1 heterocycles. The Morgan fingerprint density at radius 2 is 2.12 bits per heavy atom. The molecule has 0 spiro atoms. The summed E-state index contributed by atoms with van der Waals surface area (Å²) in [4.78, 5) is 8.63. The highest BCUT2D eigenvalue weighted by Gasteiger charge is 2.22. The van der Waals surface area contributed by atoms with Crippen molar-refractivity contribution >= 4 is 5.95 Å². The molecule has 0 aliphatic heterocycles. The predicted molar refractivity (Wildman–Crippen MR) is 67.2 cm³/mol. The maximum absolute atomic E-state index is 6.09. The van der Waals surface area contributed by atoms with Crippen LogP contribution < -0.4 is 15.8 Å². The maximum atomic E-state index is 6.09. The third-order valence-electron chi connectivity index (χ3n) is 3.17. The highest BCUT2D eigenvalue weighted by atomic mass is 16.5. The van der Waals surface area contributed by atoms with Gasteiger partial charge in [0.15, 0.2) is 0 Å². The number of aryl methyl sites for hydroxylation is 1. The fourth-order valence-corrected chi connectivity index (χ4v) is 2.21. The topological polar surface area (TPSA) is 73.1 Å². The second-order valence-electron chi connectivity index (χ2n) is 4.57. The van der Waals surface area contributed by atoms with Crippen molar-refractivity contribution in [2.75, 3.05) is 12.4 Å². The van der Waals surface area contributed by atoms with Crippen LogP contribution in [0.4, 0.5) is 5.95 Å². The van der Waals surface area contributed by atoms with E-state index < -0.39 is 0 Å². The molecule has 2 unspecified atom stereocenters. The van der Waals surface area contributed by atoms with E-state index in [-0.39, 0.29) is 12.1 Å². The van der Waals surface area contributed by atoms with Crippen LogP contribution in [0, 0.1) is 6.92 Å². The molecule has 5 nitrogen and oxygen atoms in total. The molecule has 1 fully saturated rings. The first-order valence-electron chi connectivity index (χ1n) is 6.11. The molecule has 3 N–H and O–H groups in total. The Hall–Kier alpha value is -1.36. The number of hydrogen-bond acceptors (Lipinski definition) is 5. The molecule has 2 rings (SSSR count). The first-order chi connectivity index (χ1) is 8.19. The molecule has 5 heteroatoms. The lowest BCUT2D eigenvalue weighted by atomic mass is 9.91. The number of nitrogens with one attached hydrogen (secondary N) is 1.